The van der Waals surface area contributed by atoms with Crippen molar-refractivity contribution >= 4 is 23.3 Å². The van der Waals surface area contributed by atoms with Crippen molar-refractivity contribution in [3.63, 3.8) is 0 Å². The van der Waals surface area contributed by atoms with E-state index in [-0.39, 0.29) is 42.1 Å². The minimum absolute atomic E-state index is 0. The van der Waals surface area contributed by atoms with Crippen molar-refractivity contribution in [3.8, 4) is 45.6 Å². The Bertz CT molecular complexity index is 1920. The van der Waals surface area contributed by atoms with Gasteiger partial charge in [-0.05, 0) is 97.1 Å². The Hall–Kier alpha value is -4.81. The second-order valence-electron chi connectivity index (χ2n) is 9.80. The normalized spacial score (nSPS) is 9.83. The minimum Gasteiger partial charge on any atom is -0.331 e. The fourth-order valence-electron chi connectivity index (χ4n) is 4.47. The van der Waals surface area contributed by atoms with E-state index < -0.39 is 0 Å². The van der Waals surface area contributed by atoms with E-state index in [1.165, 1.54) is 0 Å². The Morgan fingerprint density at radius 2 is 0.604 bits per heavy atom. The molecule has 0 aliphatic rings. The molecule has 0 saturated heterocycles. The summed E-state index contributed by atoms with van der Waals surface area (Å²) in [7, 11) is 0. The van der Waals surface area contributed by atoms with Gasteiger partial charge in [0.05, 0.1) is 56.6 Å². The summed E-state index contributed by atoms with van der Waals surface area (Å²) in [6.45, 7) is 0. The average Bonchev–Trinajstić information content (AvgIpc) is 3.54. The average molecular weight is 1010 g/mol. The number of fused-ring (bicyclic) bond motifs is 1. The molecule has 11 heteroatoms. The molecule has 1 aromatic carbocycles. The van der Waals surface area contributed by atoms with Gasteiger partial charge in [0.15, 0.2) is 4.77 Å². The Morgan fingerprint density at radius 3 is 0.875 bits per heavy atom. The smallest absolute Gasteiger partial charge is 0.175 e. The molecule has 0 aliphatic carbocycles. The van der Waals surface area contributed by atoms with Crippen LogP contribution in [-0.2, 0) is 42.1 Å². The maximum atomic E-state index is 4.90. The number of aromatic nitrogens is 8. The monoisotopic (exact) mass is 1010 g/mol. The van der Waals surface area contributed by atoms with Crippen molar-refractivity contribution < 1.29 is 42.1 Å². The molecule has 8 nitrogen and oxygen atoms in total. The van der Waals surface area contributed by atoms with E-state index in [1.807, 2.05) is 133 Å². The first-order valence-corrected chi connectivity index (χ1v) is 14.9. The van der Waals surface area contributed by atoms with E-state index in [9.17, 15) is 0 Å². The van der Waals surface area contributed by atoms with Gasteiger partial charge in [0.1, 0.15) is 0 Å². The minimum atomic E-state index is 0. The molecule has 0 amide bonds. The van der Waals surface area contributed by atoms with Gasteiger partial charge < -0.3 is 9.97 Å². The van der Waals surface area contributed by atoms with Gasteiger partial charge in [-0.1, -0.05) is 48.5 Å². The molecule has 8 aromatic rings. The van der Waals surface area contributed by atoms with E-state index in [1.54, 1.807) is 24.8 Å². The number of nitrogens with one attached hydrogen (secondary N) is 2. The zero-order valence-electron chi connectivity index (χ0n) is 25.2. The number of hydrogen-bond donors (Lipinski definition) is 2. The predicted molar refractivity (Wildman–Crippen MR) is 185 cm³/mol. The van der Waals surface area contributed by atoms with Crippen molar-refractivity contribution in [2.24, 2.45) is 0 Å². The summed E-state index contributed by atoms with van der Waals surface area (Å²) >= 11 is 4.90. The number of para-hydroxylation sites is 2. The summed E-state index contributed by atoms with van der Waals surface area (Å²) in [6.07, 6.45) is 7.07. The fraction of sp³-hybridized carbons (Fsp3) is 0. The molecule has 242 valence electrons. The van der Waals surface area contributed by atoms with Crippen LogP contribution in [0.25, 0.3) is 56.6 Å². The van der Waals surface area contributed by atoms with Gasteiger partial charge in [0, 0.05) is 66.9 Å². The Balaban J connectivity index is 0.000000166. The first-order valence-electron chi connectivity index (χ1n) is 14.5. The van der Waals surface area contributed by atoms with Crippen LogP contribution in [0, 0.1) is 4.77 Å². The van der Waals surface area contributed by atoms with Crippen LogP contribution in [0.3, 0.4) is 0 Å². The number of hydrogen-bond acceptors (Lipinski definition) is 7. The molecule has 7 heterocycles. The molecule has 0 unspecified atom stereocenters. The summed E-state index contributed by atoms with van der Waals surface area (Å²) in [5, 5.41) is 0. The van der Waals surface area contributed by atoms with Crippen LogP contribution in [-0.4, -0.2) is 39.9 Å². The van der Waals surface area contributed by atoms with Gasteiger partial charge in [0.25, 0.3) is 0 Å². The van der Waals surface area contributed by atoms with Crippen molar-refractivity contribution in [2.45, 2.75) is 0 Å². The number of benzene rings is 1. The third-order valence-corrected chi connectivity index (χ3v) is 6.84. The van der Waals surface area contributed by atoms with Crippen LogP contribution >= 0.6 is 12.2 Å². The molecular weight excluding hydrogens is 979 g/mol. The molecule has 2 N–H and O–H groups in total. The maximum Gasteiger partial charge on any atom is 0.175 e. The number of aromatic amines is 2. The van der Waals surface area contributed by atoms with Gasteiger partial charge in [0.2, 0.25) is 0 Å². The molecule has 0 atom stereocenters. The van der Waals surface area contributed by atoms with E-state index in [2.05, 4.69) is 39.9 Å². The largest absolute Gasteiger partial charge is 0.331 e. The van der Waals surface area contributed by atoms with Crippen LogP contribution in [0.5, 0.6) is 0 Å². The second-order valence-corrected chi connectivity index (χ2v) is 10.2. The molecule has 8 rings (SSSR count). The number of imidazole rings is 1. The molecule has 48 heavy (non-hydrogen) atoms. The first-order chi connectivity index (χ1) is 22.7. The van der Waals surface area contributed by atoms with E-state index >= 15 is 0 Å². The molecule has 0 radical (unpaired) electrons. The molecular formula is C37H28N8Pt2S. The quantitative estimate of drug-likeness (QED) is 0.170. The van der Waals surface area contributed by atoms with Crippen molar-refractivity contribution in [1.29, 1.82) is 0 Å². The molecule has 0 spiro atoms. The number of pyridine rings is 6. The van der Waals surface area contributed by atoms with Crippen LogP contribution in [0.2, 0.25) is 0 Å². The summed E-state index contributed by atoms with van der Waals surface area (Å²) < 4.78 is 0.682. The van der Waals surface area contributed by atoms with Crippen molar-refractivity contribution in [2.75, 3.05) is 0 Å². The maximum absolute atomic E-state index is 4.90. The van der Waals surface area contributed by atoms with Crippen molar-refractivity contribution in [1.82, 2.24) is 39.9 Å². The second kappa shape index (κ2) is 18.5. The number of rotatable bonds is 4. The summed E-state index contributed by atoms with van der Waals surface area (Å²) in [5.74, 6) is 0. The Labute approximate surface area is 311 Å². The SMILES string of the molecule is S=c1[nH]c2ccccc2[nH]1.[Pt].[Pt].c1ccc(-c2cccc(-c3ccccn3)n2)nc1.c1ccc(-c2cccc(-c3ccccn3)n2)nc1. The molecule has 0 saturated carbocycles. The zero-order chi connectivity index (χ0) is 31.4. The van der Waals surface area contributed by atoms with Gasteiger partial charge in [-0.15, -0.1) is 0 Å². The summed E-state index contributed by atoms with van der Waals surface area (Å²) in [6, 6.07) is 42.9. The topological polar surface area (TPSA) is 109 Å². The van der Waals surface area contributed by atoms with Gasteiger partial charge in [-0.3, -0.25) is 19.9 Å². The molecule has 7 aromatic heterocycles. The van der Waals surface area contributed by atoms with Crippen molar-refractivity contribution in [3.05, 3.63) is 163 Å². The van der Waals surface area contributed by atoms with Crippen LogP contribution in [0.1, 0.15) is 0 Å². The number of H-pyrrole nitrogens is 2. The van der Waals surface area contributed by atoms with E-state index in [4.69, 9.17) is 12.2 Å². The standard InChI is InChI=1S/2C15H11N3.C7H6N2S.2Pt/c2*1-3-10-16-12(6-1)14-8-5-9-15(18-14)13-7-2-4-11-17-13;10-7-8-5-3-1-2-4-6(5)9-7;;/h2*1-11H;1-4H,(H2,8,9,10);;. The van der Waals surface area contributed by atoms with Gasteiger partial charge in [-0.25, -0.2) is 9.97 Å². The summed E-state index contributed by atoms with van der Waals surface area (Å²) in [5.41, 5.74) is 9.05. The van der Waals surface area contributed by atoms with Gasteiger partial charge in [-0.2, -0.15) is 0 Å². The third-order valence-electron chi connectivity index (χ3n) is 6.63. The molecule has 0 fully saturated rings. The predicted octanol–water partition coefficient (Wildman–Crippen LogP) is 8.63. The first kappa shape index (κ1) is 36.0. The van der Waals surface area contributed by atoms with Gasteiger partial charge >= 0.3 is 0 Å². The van der Waals surface area contributed by atoms with E-state index in [0.29, 0.717) is 4.77 Å². The Kier molecular flexibility index (Phi) is 13.9. The molecule has 0 aliphatic heterocycles. The van der Waals surface area contributed by atoms with Crippen LogP contribution < -0.4 is 0 Å². The number of nitrogens with zero attached hydrogens (tertiary/aromatic N) is 6. The zero-order valence-corrected chi connectivity index (χ0v) is 30.6. The fourth-order valence-corrected chi connectivity index (χ4v) is 4.69. The summed E-state index contributed by atoms with van der Waals surface area (Å²) in [4.78, 5) is 32.4. The van der Waals surface area contributed by atoms with E-state index in [0.717, 1.165) is 56.6 Å². The third kappa shape index (κ3) is 9.85. The van der Waals surface area contributed by atoms with Crippen LogP contribution in [0.15, 0.2) is 158 Å². The molecule has 0 bridgehead atoms. The Morgan fingerprint density at radius 1 is 0.333 bits per heavy atom. The van der Waals surface area contributed by atoms with Crippen LogP contribution in [0.4, 0.5) is 0 Å².